The first-order valence-electron chi connectivity index (χ1n) is 7.03. The monoisotopic (exact) mass is 281 g/mol. The van der Waals surface area contributed by atoms with Crippen molar-refractivity contribution < 1.29 is 9.53 Å². The molecule has 0 aliphatic carbocycles. The highest BCUT2D eigenvalue weighted by Crippen LogP contribution is 2.28. The number of hydrogen-bond donors (Lipinski definition) is 2. The molecule has 1 saturated heterocycles. The smallest absolute Gasteiger partial charge is 0.410 e. The number of aromatic nitrogens is 2. The number of aromatic amines is 2. The number of nitrogens with zero attached hydrogens (tertiary/aromatic N) is 1. The molecule has 1 aromatic rings. The lowest BCUT2D eigenvalue weighted by Crippen LogP contribution is -2.41. The summed E-state index contributed by atoms with van der Waals surface area (Å²) in [7, 11) is 0. The van der Waals surface area contributed by atoms with Crippen molar-refractivity contribution in [1.29, 1.82) is 0 Å². The number of carbonyl (C=O) groups excluding carboxylic acids is 1. The molecule has 0 saturated carbocycles. The van der Waals surface area contributed by atoms with E-state index in [-0.39, 0.29) is 11.7 Å². The molecule has 1 aliphatic rings. The molecular formula is C14H23N3O3. The van der Waals surface area contributed by atoms with E-state index < -0.39 is 5.60 Å². The van der Waals surface area contributed by atoms with Gasteiger partial charge in [0, 0.05) is 30.3 Å². The molecule has 1 fully saturated rings. The van der Waals surface area contributed by atoms with Crippen molar-refractivity contribution in [2.75, 3.05) is 13.1 Å². The van der Waals surface area contributed by atoms with Crippen LogP contribution >= 0.6 is 0 Å². The van der Waals surface area contributed by atoms with Gasteiger partial charge in [0.25, 0.3) is 5.56 Å². The van der Waals surface area contributed by atoms with Crippen molar-refractivity contribution in [3.05, 3.63) is 21.6 Å². The molecule has 0 radical (unpaired) electrons. The average molecular weight is 281 g/mol. The fourth-order valence-corrected chi connectivity index (χ4v) is 2.52. The van der Waals surface area contributed by atoms with Crippen LogP contribution in [0.15, 0.2) is 4.79 Å². The first-order valence-corrected chi connectivity index (χ1v) is 7.03. The van der Waals surface area contributed by atoms with Crippen molar-refractivity contribution in [2.45, 2.75) is 52.1 Å². The summed E-state index contributed by atoms with van der Waals surface area (Å²) in [5, 5.41) is 5.57. The summed E-state index contributed by atoms with van der Waals surface area (Å²) < 4.78 is 5.37. The molecule has 0 unspecified atom stereocenters. The second-order valence-corrected chi connectivity index (χ2v) is 6.36. The highest BCUT2D eigenvalue weighted by molar-refractivity contribution is 5.68. The molecule has 2 N–H and O–H groups in total. The number of carbonyl (C=O) groups is 1. The minimum atomic E-state index is -0.462. The van der Waals surface area contributed by atoms with Crippen molar-refractivity contribution in [1.82, 2.24) is 15.1 Å². The maximum absolute atomic E-state index is 12.0. The van der Waals surface area contributed by atoms with Crippen LogP contribution in [0.5, 0.6) is 0 Å². The lowest BCUT2D eigenvalue weighted by Gasteiger charge is -2.33. The van der Waals surface area contributed by atoms with Gasteiger partial charge in [0.2, 0.25) is 0 Å². The number of rotatable bonds is 1. The number of nitrogens with one attached hydrogen (secondary N) is 2. The second-order valence-electron chi connectivity index (χ2n) is 6.36. The van der Waals surface area contributed by atoms with Crippen LogP contribution in [-0.2, 0) is 4.74 Å². The Kier molecular flexibility index (Phi) is 3.92. The van der Waals surface area contributed by atoms with E-state index in [0.717, 1.165) is 24.1 Å². The lowest BCUT2D eigenvalue weighted by molar-refractivity contribution is 0.0204. The van der Waals surface area contributed by atoms with E-state index in [0.29, 0.717) is 19.0 Å². The molecule has 112 valence electrons. The predicted molar refractivity (Wildman–Crippen MR) is 75.9 cm³/mol. The van der Waals surface area contributed by atoms with E-state index in [1.807, 2.05) is 27.7 Å². The number of hydrogen-bond acceptors (Lipinski definition) is 3. The Hall–Kier alpha value is -1.72. The van der Waals surface area contributed by atoms with Gasteiger partial charge in [0.15, 0.2) is 0 Å². The van der Waals surface area contributed by atoms with Crippen LogP contribution in [0.4, 0.5) is 4.79 Å². The van der Waals surface area contributed by atoms with Crippen molar-refractivity contribution >= 4 is 6.09 Å². The van der Waals surface area contributed by atoms with Crippen molar-refractivity contribution in [2.24, 2.45) is 0 Å². The Morgan fingerprint density at radius 2 is 1.85 bits per heavy atom. The number of H-pyrrole nitrogens is 2. The highest BCUT2D eigenvalue weighted by Gasteiger charge is 2.28. The lowest BCUT2D eigenvalue weighted by atomic mass is 9.92. The van der Waals surface area contributed by atoms with E-state index in [1.165, 1.54) is 0 Å². The number of likely N-dealkylation sites (tertiary alicyclic amines) is 1. The van der Waals surface area contributed by atoms with E-state index in [9.17, 15) is 9.59 Å². The largest absolute Gasteiger partial charge is 0.444 e. The highest BCUT2D eigenvalue weighted by atomic mass is 16.6. The SMILES string of the molecule is Cc1c(C2CCN(C(=O)OC(C)(C)C)CC2)[nH][nH]c1=O. The van der Waals surface area contributed by atoms with Crippen LogP contribution in [0.1, 0.15) is 50.8 Å². The molecule has 6 heteroatoms. The van der Waals surface area contributed by atoms with Crippen LogP contribution in [0.25, 0.3) is 0 Å². The molecule has 0 spiro atoms. The molecule has 6 nitrogen and oxygen atoms in total. The standard InChI is InChI=1S/C14H23N3O3/c1-9-11(15-16-12(9)18)10-5-7-17(8-6-10)13(19)20-14(2,3)4/h10H,5-8H2,1-4H3,(H2,15,16,18). The molecule has 1 aromatic heterocycles. The zero-order valence-electron chi connectivity index (χ0n) is 12.6. The predicted octanol–water partition coefficient (Wildman–Crippen LogP) is 2.13. The third-order valence-electron chi connectivity index (χ3n) is 3.61. The van der Waals surface area contributed by atoms with Gasteiger partial charge in [-0.2, -0.15) is 0 Å². The molecule has 1 amide bonds. The number of amides is 1. The Morgan fingerprint density at radius 3 is 2.30 bits per heavy atom. The van der Waals surface area contributed by atoms with Gasteiger partial charge >= 0.3 is 6.09 Å². The molecule has 1 aliphatic heterocycles. The molecule has 0 bridgehead atoms. The summed E-state index contributed by atoms with van der Waals surface area (Å²) in [6.45, 7) is 8.74. The first-order chi connectivity index (χ1) is 9.28. The Bertz CT molecular complexity index is 531. The quantitative estimate of drug-likeness (QED) is 0.827. The summed E-state index contributed by atoms with van der Waals surface area (Å²) in [4.78, 5) is 25.1. The normalized spacial score (nSPS) is 17.3. The Morgan fingerprint density at radius 1 is 1.25 bits per heavy atom. The van der Waals surface area contributed by atoms with Crippen LogP contribution in [-0.4, -0.2) is 39.9 Å². The Balaban J connectivity index is 1.94. The van der Waals surface area contributed by atoms with Crippen LogP contribution in [0.3, 0.4) is 0 Å². The van der Waals surface area contributed by atoms with Gasteiger partial charge in [-0.05, 0) is 40.5 Å². The Labute approximate surface area is 118 Å². The van der Waals surface area contributed by atoms with E-state index in [1.54, 1.807) is 4.90 Å². The molecule has 20 heavy (non-hydrogen) atoms. The van der Waals surface area contributed by atoms with E-state index in [2.05, 4.69) is 10.2 Å². The van der Waals surface area contributed by atoms with Crippen molar-refractivity contribution in [3.8, 4) is 0 Å². The topological polar surface area (TPSA) is 78.2 Å². The van der Waals surface area contributed by atoms with Gasteiger partial charge in [-0.1, -0.05) is 0 Å². The summed E-state index contributed by atoms with van der Waals surface area (Å²) in [5.41, 5.74) is 1.20. The maximum atomic E-state index is 12.0. The molecule has 0 atom stereocenters. The van der Waals surface area contributed by atoms with E-state index >= 15 is 0 Å². The second kappa shape index (κ2) is 5.34. The van der Waals surface area contributed by atoms with Gasteiger partial charge in [-0.3, -0.25) is 9.89 Å². The zero-order chi connectivity index (χ0) is 14.9. The minimum absolute atomic E-state index is 0.0606. The summed E-state index contributed by atoms with van der Waals surface area (Å²) in [5.74, 6) is 0.299. The van der Waals surface area contributed by atoms with Crippen LogP contribution < -0.4 is 5.56 Å². The average Bonchev–Trinajstić information content (AvgIpc) is 2.68. The summed E-state index contributed by atoms with van der Waals surface area (Å²) in [6, 6.07) is 0. The van der Waals surface area contributed by atoms with Gasteiger partial charge in [0.05, 0.1) is 0 Å². The van der Waals surface area contributed by atoms with Gasteiger partial charge < -0.3 is 14.7 Å². The molecule has 2 rings (SSSR count). The fourth-order valence-electron chi connectivity index (χ4n) is 2.52. The fraction of sp³-hybridized carbons (Fsp3) is 0.714. The molecule has 0 aromatic carbocycles. The first kappa shape index (κ1) is 14.7. The molecule has 2 heterocycles. The van der Waals surface area contributed by atoms with Gasteiger partial charge in [-0.25, -0.2) is 4.79 Å². The van der Waals surface area contributed by atoms with Crippen LogP contribution in [0, 0.1) is 6.92 Å². The number of ether oxygens (including phenoxy) is 1. The maximum Gasteiger partial charge on any atom is 0.410 e. The third kappa shape index (κ3) is 3.23. The van der Waals surface area contributed by atoms with Gasteiger partial charge in [-0.15, -0.1) is 0 Å². The third-order valence-corrected chi connectivity index (χ3v) is 3.61. The van der Waals surface area contributed by atoms with Crippen LogP contribution in [0.2, 0.25) is 0 Å². The molecular weight excluding hydrogens is 258 g/mol. The van der Waals surface area contributed by atoms with E-state index in [4.69, 9.17) is 4.74 Å². The zero-order valence-corrected chi connectivity index (χ0v) is 12.6. The van der Waals surface area contributed by atoms with Gasteiger partial charge in [0.1, 0.15) is 5.60 Å². The minimum Gasteiger partial charge on any atom is -0.444 e. The number of piperidine rings is 1. The summed E-state index contributed by atoms with van der Waals surface area (Å²) >= 11 is 0. The van der Waals surface area contributed by atoms with Crippen molar-refractivity contribution in [3.63, 3.8) is 0 Å². The summed E-state index contributed by atoms with van der Waals surface area (Å²) in [6.07, 6.45) is 1.43.